The first-order chi connectivity index (χ1) is 9.34. The topological polar surface area (TPSA) is 17.0 Å². The van der Waals surface area contributed by atoms with Gasteiger partial charge in [-0.25, -0.2) is 0 Å². The molecule has 3 rings (SSSR count). The molecule has 2 heteroatoms. The summed E-state index contributed by atoms with van der Waals surface area (Å²) in [6.07, 6.45) is 10.3. The summed E-state index contributed by atoms with van der Waals surface area (Å²) >= 11 is 0. The molecule has 2 nitrogen and oxygen atoms in total. The van der Waals surface area contributed by atoms with Crippen molar-refractivity contribution < 1.29 is 0 Å². The minimum Gasteiger partial charge on any atom is -0.350 e. The number of hydrogen-bond donors (Lipinski definition) is 1. The molecule has 19 heavy (non-hydrogen) atoms. The molecular weight excluding hydrogens is 232 g/mol. The van der Waals surface area contributed by atoms with Crippen molar-refractivity contribution in [2.45, 2.75) is 44.6 Å². The summed E-state index contributed by atoms with van der Waals surface area (Å²) in [6, 6.07) is 9.51. The highest BCUT2D eigenvalue weighted by molar-refractivity contribution is 5.83. The van der Waals surface area contributed by atoms with Gasteiger partial charge in [-0.1, -0.05) is 31.0 Å². The van der Waals surface area contributed by atoms with Crippen molar-refractivity contribution in [3.05, 3.63) is 36.0 Å². The smallest absolute Gasteiger partial charge is 0.0480 e. The second-order valence-electron chi connectivity index (χ2n) is 5.82. The molecule has 1 fully saturated rings. The van der Waals surface area contributed by atoms with Crippen LogP contribution in [0.2, 0.25) is 0 Å². The number of rotatable bonds is 5. The first kappa shape index (κ1) is 12.7. The molecule has 1 saturated carbocycles. The lowest BCUT2D eigenvalue weighted by atomic mass is 10.1. The van der Waals surface area contributed by atoms with Crippen LogP contribution in [0.3, 0.4) is 0 Å². The van der Waals surface area contributed by atoms with Crippen molar-refractivity contribution in [2.75, 3.05) is 6.54 Å². The van der Waals surface area contributed by atoms with Crippen molar-refractivity contribution in [1.82, 2.24) is 9.88 Å². The largest absolute Gasteiger partial charge is 0.350 e. The van der Waals surface area contributed by atoms with E-state index in [1.807, 2.05) is 0 Å². The number of fused-ring (bicyclic) bond motifs is 1. The zero-order valence-electron chi connectivity index (χ0n) is 11.9. The predicted molar refractivity (Wildman–Crippen MR) is 81.5 cm³/mol. The van der Waals surface area contributed by atoms with Gasteiger partial charge in [-0.05, 0) is 43.9 Å². The molecule has 0 spiro atoms. The van der Waals surface area contributed by atoms with Crippen LogP contribution in [0, 0.1) is 0 Å². The van der Waals surface area contributed by atoms with Crippen LogP contribution in [0.25, 0.3) is 10.9 Å². The molecule has 1 N–H and O–H groups in total. The van der Waals surface area contributed by atoms with Gasteiger partial charge in [0.2, 0.25) is 0 Å². The third-order valence-corrected chi connectivity index (χ3v) is 4.39. The van der Waals surface area contributed by atoms with Gasteiger partial charge in [0.15, 0.2) is 0 Å². The summed E-state index contributed by atoms with van der Waals surface area (Å²) in [6.45, 7) is 1.16. The van der Waals surface area contributed by atoms with Crippen molar-refractivity contribution in [3.63, 3.8) is 0 Å². The lowest BCUT2D eigenvalue weighted by Gasteiger charge is -2.11. The van der Waals surface area contributed by atoms with E-state index in [0.29, 0.717) is 0 Å². The Labute approximate surface area is 115 Å². The Kier molecular flexibility index (Phi) is 3.88. The Morgan fingerprint density at radius 1 is 1.21 bits per heavy atom. The summed E-state index contributed by atoms with van der Waals surface area (Å²) in [5.41, 5.74) is 2.84. The van der Waals surface area contributed by atoms with E-state index in [4.69, 9.17) is 0 Å². The van der Waals surface area contributed by atoms with Crippen LogP contribution < -0.4 is 5.32 Å². The summed E-state index contributed by atoms with van der Waals surface area (Å²) < 4.78 is 2.25. The average Bonchev–Trinajstić information content (AvgIpc) is 3.04. The van der Waals surface area contributed by atoms with Crippen LogP contribution in [-0.4, -0.2) is 17.2 Å². The Bertz CT molecular complexity index is 535. The zero-order valence-corrected chi connectivity index (χ0v) is 11.9. The fraction of sp³-hybridized carbons (Fsp3) is 0.529. The summed E-state index contributed by atoms with van der Waals surface area (Å²) in [5.74, 6) is 0. The van der Waals surface area contributed by atoms with Gasteiger partial charge in [-0.15, -0.1) is 0 Å². The Morgan fingerprint density at radius 2 is 2.00 bits per heavy atom. The van der Waals surface area contributed by atoms with Crippen molar-refractivity contribution >= 4 is 10.9 Å². The third kappa shape index (κ3) is 2.84. The summed E-state index contributed by atoms with van der Waals surface area (Å²) in [5, 5.41) is 5.12. The van der Waals surface area contributed by atoms with E-state index >= 15 is 0 Å². The van der Waals surface area contributed by atoms with E-state index in [-0.39, 0.29) is 0 Å². The molecule has 2 aromatic rings. The van der Waals surface area contributed by atoms with Crippen molar-refractivity contribution in [3.8, 4) is 0 Å². The van der Waals surface area contributed by atoms with E-state index in [2.05, 4.69) is 47.4 Å². The van der Waals surface area contributed by atoms with Gasteiger partial charge in [-0.2, -0.15) is 0 Å². The monoisotopic (exact) mass is 256 g/mol. The van der Waals surface area contributed by atoms with E-state index in [0.717, 1.165) is 12.6 Å². The SMILES string of the molecule is Cn1cc(CCCNC2CCCC2)c2ccccc21. The molecular formula is C17H24N2. The van der Waals surface area contributed by atoms with E-state index in [1.165, 1.54) is 55.0 Å². The van der Waals surface area contributed by atoms with Crippen LogP contribution in [0.4, 0.5) is 0 Å². The number of nitrogens with zero attached hydrogens (tertiary/aromatic N) is 1. The molecule has 102 valence electrons. The second-order valence-corrected chi connectivity index (χ2v) is 5.82. The van der Waals surface area contributed by atoms with Crippen molar-refractivity contribution in [2.24, 2.45) is 7.05 Å². The lowest BCUT2D eigenvalue weighted by Crippen LogP contribution is -2.27. The van der Waals surface area contributed by atoms with Crippen LogP contribution >= 0.6 is 0 Å². The molecule has 1 aromatic heterocycles. The fourth-order valence-corrected chi connectivity index (χ4v) is 3.34. The van der Waals surface area contributed by atoms with Gasteiger partial charge in [0.1, 0.15) is 0 Å². The Hall–Kier alpha value is -1.28. The zero-order chi connectivity index (χ0) is 13.1. The van der Waals surface area contributed by atoms with Gasteiger partial charge in [0.05, 0.1) is 0 Å². The van der Waals surface area contributed by atoms with Gasteiger partial charge in [0.25, 0.3) is 0 Å². The lowest BCUT2D eigenvalue weighted by molar-refractivity contribution is 0.515. The normalized spacial score (nSPS) is 16.5. The van der Waals surface area contributed by atoms with Crippen LogP contribution in [0.15, 0.2) is 30.5 Å². The maximum absolute atomic E-state index is 3.70. The average molecular weight is 256 g/mol. The first-order valence-electron chi connectivity index (χ1n) is 7.61. The van der Waals surface area contributed by atoms with Gasteiger partial charge < -0.3 is 9.88 Å². The number of hydrogen-bond acceptors (Lipinski definition) is 1. The van der Waals surface area contributed by atoms with Crippen LogP contribution in [-0.2, 0) is 13.5 Å². The standard InChI is InChI=1S/C17H24N2/c1-19-13-14(16-10-4-5-11-17(16)19)7-6-12-18-15-8-2-3-9-15/h4-5,10-11,13,15,18H,2-3,6-9,12H2,1H3. The van der Waals surface area contributed by atoms with E-state index in [9.17, 15) is 0 Å². The van der Waals surface area contributed by atoms with E-state index in [1.54, 1.807) is 0 Å². The third-order valence-electron chi connectivity index (χ3n) is 4.39. The molecule has 0 amide bonds. The highest BCUT2D eigenvalue weighted by atomic mass is 14.9. The second kappa shape index (κ2) is 5.79. The quantitative estimate of drug-likeness (QED) is 0.808. The van der Waals surface area contributed by atoms with Gasteiger partial charge in [-0.3, -0.25) is 0 Å². The number of nitrogens with one attached hydrogen (secondary N) is 1. The fourth-order valence-electron chi connectivity index (χ4n) is 3.34. The van der Waals surface area contributed by atoms with Gasteiger partial charge >= 0.3 is 0 Å². The molecule has 1 heterocycles. The summed E-state index contributed by atoms with van der Waals surface area (Å²) in [4.78, 5) is 0. The minimum atomic E-state index is 0.799. The van der Waals surface area contributed by atoms with Crippen LogP contribution in [0.5, 0.6) is 0 Å². The Balaban J connectivity index is 1.56. The predicted octanol–water partition coefficient (Wildman–Crippen LogP) is 3.64. The molecule has 1 aliphatic rings. The van der Waals surface area contributed by atoms with E-state index < -0.39 is 0 Å². The molecule has 0 bridgehead atoms. The number of benzene rings is 1. The Morgan fingerprint density at radius 3 is 2.84 bits per heavy atom. The molecule has 0 atom stereocenters. The molecule has 0 saturated heterocycles. The number of aryl methyl sites for hydroxylation is 2. The maximum atomic E-state index is 3.70. The number of aromatic nitrogens is 1. The molecule has 0 unspecified atom stereocenters. The maximum Gasteiger partial charge on any atom is 0.0480 e. The highest BCUT2D eigenvalue weighted by Crippen LogP contribution is 2.21. The van der Waals surface area contributed by atoms with Crippen LogP contribution in [0.1, 0.15) is 37.7 Å². The number of para-hydroxylation sites is 1. The van der Waals surface area contributed by atoms with Gasteiger partial charge in [0, 0.05) is 30.2 Å². The molecule has 0 radical (unpaired) electrons. The molecule has 0 aliphatic heterocycles. The highest BCUT2D eigenvalue weighted by Gasteiger charge is 2.13. The molecule has 1 aromatic carbocycles. The molecule has 1 aliphatic carbocycles. The van der Waals surface area contributed by atoms with Crippen molar-refractivity contribution in [1.29, 1.82) is 0 Å². The summed E-state index contributed by atoms with van der Waals surface area (Å²) in [7, 11) is 2.14. The minimum absolute atomic E-state index is 0.799. The first-order valence-corrected chi connectivity index (χ1v) is 7.61.